The third-order valence-corrected chi connectivity index (χ3v) is 5.22. The maximum absolute atomic E-state index is 13.2. The summed E-state index contributed by atoms with van der Waals surface area (Å²) in [7, 11) is 0. The molecule has 0 saturated carbocycles. The maximum atomic E-state index is 13.2. The molecule has 1 N–H and O–H groups in total. The van der Waals surface area contributed by atoms with Crippen molar-refractivity contribution in [3.8, 4) is 0 Å². The summed E-state index contributed by atoms with van der Waals surface area (Å²) in [5, 5.41) is 4.39. The van der Waals surface area contributed by atoms with Crippen LogP contribution in [-0.2, 0) is 6.54 Å². The van der Waals surface area contributed by atoms with Crippen LogP contribution < -0.4 is 5.32 Å². The topological polar surface area (TPSA) is 29.1 Å². The van der Waals surface area contributed by atoms with Crippen LogP contribution in [0.15, 0.2) is 42.5 Å². The molecule has 3 aromatic rings. The third-order valence-electron chi connectivity index (χ3n) is 3.19. The Hall–Kier alpha value is -1.62. The van der Waals surface area contributed by atoms with Crippen LogP contribution >= 0.6 is 34.5 Å². The fourth-order valence-corrected chi connectivity index (χ4v) is 3.74. The van der Waals surface area contributed by atoms with Crippen molar-refractivity contribution in [3.63, 3.8) is 0 Å². The number of carbonyl (C=O) groups excluding carboxylic acids is 1. The summed E-state index contributed by atoms with van der Waals surface area (Å²) >= 11 is 13.4. The van der Waals surface area contributed by atoms with E-state index < -0.39 is 0 Å². The average Bonchev–Trinajstić information content (AvgIpc) is 2.82. The smallest absolute Gasteiger partial charge is 0.263 e. The summed E-state index contributed by atoms with van der Waals surface area (Å²) in [5.41, 5.74) is 0.820. The molecule has 0 radical (unpaired) electrons. The minimum Gasteiger partial charge on any atom is -0.347 e. The number of benzene rings is 2. The van der Waals surface area contributed by atoms with Crippen LogP contribution in [0.25, 0.3) is 10.1 Å². The number of hydrogen-bond donors (Lipinski definition) is 1. The molecule has 0 aliphatic heterocycles. The van der Waals surface area contributed by atoms with Gasteiger partial charge in [-0.1, -0.05) is 41.4 Å². The van der Waals surface area contributed by atoms with E-state index in [0.717, 1.165) is 5.56 Å². The number of hydrogen-bond acceptors (Lipinski definition) is 2. The minimum absolute atomic E-state index is 0.300. The van der Waals surface area contributed by atoms with Gasteiger partial charge in [-0.15, -0.1) is 11.3 Å². The van der Waals surface area contributed by atoms with Crippen molar-refractivity contribution in [2.45, 2.75) is 6.54 Å². The van der Waals surface area contributed by atoms with Gasteiger partial charge in [-0.2, -0.15) is 0 Å². The van der Waals surface area contributed by atoms with Gasteiger partial charge in [0.15, 0.2) is 0 Å². The predicted octanol–water partition coefficient (Wildman–Crippen LogP) is 5.28. The zero-order chi connectivity index (χ0) is 15.7. The fourth-order valence-electron chi connectivity index (χ4n) is 2.08. The lowest BCUT2D eigenvalue weighted by molar-refractivity contribution is 0.0955. The quantitative estimate of drug-likeness (QED) is 0.681. The van der Waals surface area contributed by atoms with E-state index in [1.165, 1.54) is 23.5 Å². The van der Waals surface area contributed by atoms with Gasteiger partial charge in [-0.3, -0.25) is 4.79 Å². The van der Waals surface area contributed by atoms with Crippen LogP contribution in [0.1, 0.15) is 15.2 Å². The molecule has 1 heterocycles. The molecule has 6 heteroatoms. The van der Waals surface area contributed by atoms with Crippen LogP contribution in [-0.4, -0.2) is 5.91 Å². The van der Waals surface area contributed by atoms with Gasteiger partial charge in [0.1, 0.15) is 10.7 Å². The molecule has 0 aliphatic carbocycles. The monoisotopic (exact) mass is 353 g/mol. The molecular weight excluding hydrogens is 344 g/mol. The van der Waals surface area contributed by atoms with Crippen LogP contribution in [0.5, 0.6) is 0 Å². The highest BCUT2D eigenvalue weighted by Gasteiger charge is 2.17. The van der Waals surface area contributed by atoms with Gasteiger partial charge in [0.2, 0.25) is 0 Å². The molecule has 0 fully saturated rings. The number of rotatable bonds is 3. The summed E-state index contributed by atoms with van der Waals surface area (Å²) in [4.78, 5) is 12.7. The first kappa shape index (κ1) is 15.3. The molecule has 0 aliphatic rings. The van der Waals surface area contributed by atoms with E-state index in [2.05, 4.69) is 5.32 Å². The van der Waals surface area contributed by atoms with Gasteiger partial charge in [-0.25, -0.2) is 4.39 Å². The highest BCUT2D eigenvalue weighted by molar-refractivity contribution is 7.21. The molecule has 2 nitrogen and oxygen atoms in total. The van der Waals surface area contributed by atoms with E-state index in [-0.39, 0.29) is 11.7 Å². The Morgan fingerprint density at radius 2 is 1.95 bits per heavy atom. The van der Waals surface area contributed by atoms with E-state index >= 15 is 0 Å². The summed E-state index contributed by atoms with van der Waals surface area (Å²) in [6, 6.07) is 11.5. The number of halogens is 3. The Kier molecular flexibility index (Phi) is 4.34. The van der Waals surface area contributed by atoms with Crippen LogP contribution in [0.2, 0.25) is 10.0 Å². The zero-order valence-corrected chi connectivity index (χ0v) is 13.5. The van der Waals surface area contributed by atoms with Gasteiger partial charge in [0.05, 0.1) is 5.02 Å². The molecule has 0 atom stereocenters. The number of carbonyl (C=O) groups is 1. The number of thiophene rings is 1. The van der Waals surface area contributed by atoms with Gasteiger partial charge in [-0.05, 0) is 29.8 Å². The third kappa shape index (κ3) is 2.95. The standard InChI is InChI=1S/C16H10Cl2FNOS/c17-12-4-2-1-3-9(12)8-20-16(21)15-14(18)11-6-5-10(19)7-13(11)22-15/h1-7H,8H2,(H,20,21). The molecule has 3 rings (SSSR count). The lowest BCUT2D eigenvalue weighted by atomic mass is 10.2. The first-order valence-electron chi connectivity index (χ1n) is 6.45. The molecule has 2 aromatic carbocycles. The Morgan fingerprint density at radius 3 is 2.73 bits per heavy atom. The van der Waals surface area contributed by atoms with Crippen molar-refractivity contribution in [1.29, 1.82) is 0 Å². The van der Waals surface area contributed by atoms with Gasteiger partial charge < -0.3 is 5.32 Å². The highest BCUT2D eigenvalue weighted by Crippen LogP contribution is 2.35. The fraction of sp³-hybridized carbons (Fsp3) is 0.0625. The van der Waals surface area contributed by atoms with Crippen LogP contribution in [0.3, 0.4) is 0 Å². The van der Waals surface area contributed by atoms with Crippen molar-refractivity contribution < 1.29 is 9.18 Å². The largest absolute Gasteiger partial charge is 0.347 e. The van der Waals surface area contributed by atoms with Gasteiger partial charge in [0.25, 0.3) is 5.91 Å². The second-order valence-corrected chi connectivity index (χ2v) is 6.50. The highest BCUT2D eigenvalue weighted by atomic mass is 35.5. The maximum Gasteiger partial charge on any atom is 0.263 e. The van der Waals surface area contributed by atoms with Crippen molar-refractivity contribution in [1.82, 2.24) is 5.32 Å². The first-order chi connectivity index (χ1) is 10.6. The van der Waals surface area contributed by atoms with E-state index in [1.54, 1.807) is 12.1 Å². The SMILES string of the molecule is O=C(NCc1ccccc1Cl)c1sc2cc(F)ccc2c1Cl. The number of nitrogens with one attached hydrogen (secondary N) is 1. The van der Waals surface area contributed by atoms with Crippen LogP contribution in [0, 0.1) is 5.82 Å². The van der Waals surface area contributed by atoms with E-state index in [9.17, 15) is 9.18 Å². The van der Waals surface area contributed by atoms with Crippen molar-refractivity contribution in [2.24, 2.45) is 0 Å². The molecule has 0 spiro atoms. The Bertz CT molecular complexity index is 862. The van der Waals surface area contributed by atoms with Crippen molar-refractivity contribution in [3.05, 3.63) is 68.8 Å². The lowest BCUT2D eigenvalue weighted by Crippen LogP contribution is -2.22. The molecular formula is C16H10Cl2FNOS. The van der Waals surface area contributed by atoms with Crippen LogP contribution in [0.4, 0.5) is 4.39 Å². The zero-order valence-electron chi connectivity index (χ0n) is 11.2. The first-order valence-corrected chi connectivity index (χ1v) is 8.02. The Balaban J connectivity index is 1.83. The molecule has 1 aromatic heterocycles. The summed E-state index contributed by atoms with van der Waals surface area (Å²) in [5.74, 6) is -0.653. The lowest BCUT2D eigenvalue weighted by Gasteiger charge is -2.06. The van der Waals surface area contributed by atoms with Gasteiger partial charge >= 0.3 is 0 Å². The van der Waals surface area contributed by atoms with Crippen molar-refractivity contribution >= 4 is 50.5 Å². The number of amides is 1. The number of fused-ring (bicyclic) bond motifs is 1. The molecule has 0 saturated heterocycles. The minimum atomic E-state index is -0.353. The normalized spacial score (nSPS) is 10.9. The second kappa shape index (κ2) is 6.24. The molecule has 112 valence electrons. The second-order valence-electron chi connectivity index (χ2n) is 4.66. The molecule has 22 heavy (non-hydrogen) atoms. The van der Waals surface area contributed by atoms with E-state index in [0.29, 0.717) is 31.6 Å². The summed E-state index contributed by atoms with van der Waals surface area (Å²) < 4.78 is 13.9. The predicted molar refractivity (Wildman–Crippen MR) is 89.4 cm³/mol. The Morgan fingerprint density at radius 1 is 1.18 bits per heavy atom. The molecule has 1 amide bonds. The van der Waals surface area contributed by atoms with E-state index in [1.807, 2.05) is 18.2 Å². The molecule has 0 unspecified atom stereocenters. The summed E-state index contributed by atoms with van der Waals surface area (Å²) in [6.45, 7) is 0.303. The Labute approximate surface area is 140 Å². The molecule has 0 bridgehead atoms. The van der Waals surface area contributed by atoms with E-state index in [4.69, 9.17) is 23.2 Å². The van der Waals surface area contributed by atoms with Crippen molar-refractivity contribution in [2.75, 3.05) is 0 Å². The summed E-state index contributed by atoms with van der Waals surface area (Å²) in [6.07, 6.45) is 0. The average molecular weight is 354 g/mol. The van der Waals surface area contributed by atoms with Gasteiger partial charge in [0, 0.05) is 21.7 Å².